The van der Waals surface area contributed by atoms with Gasteiger partial charge in [-0.25, -0.2) is 0 Å². The van der Waals surface area contributed by atoms with Crippen molar-refractivity contribution in [1.82, 2.24) is 9.80 Å². The molecule has 0 radical (unpaired) electrons. The topological polar surface area (TPSA) is 84.9 Å². The third-order valence-electron chi connectivity index (χ3n) is 5.80. The van der Waals surface area contributed by atoms with Crippen LogP contribution >= 0.6 is 12.1 Å². The smallest absolute Gasteiger partial charge is 0.254 e. The Morgan fingerprint density at radius 3 is 2.31 bits per heavy atom. The average molecular weight is 410 g/mol. The molecule has 8 heteroatoms. The number of carbonyl (C=O) groups is 2. The molecular weight excluding hydrogens is 388 g/mol. The fraction of sp³-hybridized carbons (Fsp3) is 0.333. The zero-order valence-corrected chi connectivity index (χ0v) is 16.7. The Balaban J connectivity index is 1.26. The highest BCUT2D eigenvalue weighted by atomic mass is 32.2. The first kappa shape index (κ1) is 18.3. The van der Waals surface area contributed by atoms with E-state index >= 15 is 0 Å². The molecule has 2 fully saturated rings. The van der Waals surface area contributed by atoms with Crippen LogP contribution in [0.4, 0.5) is 11.4 Å². The standard InChI is InChI=1S/C21H22N4O3S/c26-19(24-10-12-25(13-11-24)20(27)21(28)8-9-21)15-6-4-14(5-7-15)16-2-1-3-17-18(16)23-29-22-17/h1-7,22-23,28H,8-13H2. The lowest BCUT2D eigenvalue weighted by atomic mass is 10.0. The highest BCUT2D eigenvalue weighted by Gasteiger charge is 2.50. The number of anilines is 2. The fourth-order valence-corrected chi connectivity index (χ4v) is 4.49. The van der Waals surface area contributed by atoms with E-state index < -0.39 is 5.60 Å². The monoisotopic (exact) mass is 410 g/mol. The van der Waals surface area contributed by atoms with Crippen LogP contribution in [0.15, 0.2) is 42.5 Å². The number of nitrogens with zero attached hydrogens (tertiary/aromatic N) is 2. The van der Waals surface area contributed by atoms with E-state index in [1.165, 1.54) is 12.1 Å². The van der Waals surface area contributed by atoms with Gasteiger partial charge >= 0.3 is 0 Å². The minimum atomic E-state index is -1.14. The molecule has 1 saturated heterocycles. The number of hydrogen-bond acceptors (Lipinski definition) is 6. The van der Waals surface area contributed by atoms with Gasteiger partial charge in [-0.15, -0.1) is 0 Å². The van der Waals surface area contributed by atoms with Gasteiger partial charge in [-0.1, -0.05) is 24.3 Å². The van der Waals surface area contributed by atoms with E-state index in [9.17, 15) is 14.7 Å². The summed E-state index contributed by atoms with van der Waals surface area (Å²) in [7, 11) is 0. The predicted molar refractivity (Wildman–Crippen MR) is 113 cm³/mol. The van der Waals surface area contributed by atoms with Crippen molar-refractivity contribution in [1.29, 1.82) is 0 Å². The molecule has 5 rings (SSSR count). The highest BCUT2D eigenvalue weighted by molar-refractivity contribution is 8.02. The molecular formula is C21H22N4O3S. The highest BCUT2D eigenvalue weighted by Crippen LogP contribution is 2.41. The van der Waals surface area contributed by atoms with Gasteiger partial charge in [0.05, 0.1) is 23.5 Å². The van der Waals surface area contributed by atoms with Crippen LogP contribution < -0.4 is 9.44 Å². The number of aliphatic hydroxyl groups is 1. The lowest BCUT2D eigenvalue weighted by molar-refractivity contribution is -0.143. The van der Waals surface area contributed by atoms with Crippen LogP contribution in [0.2, 0.25) is 0 Å². The maximum absolute atomic E-state index is 12.9. The van der Waals surface area contributed by atoms with Crippen molar-refractivity contribution in [2.24, 2.45) is 0 Å². The van der Waals surface area contributed by atoms with Gasteiger partial charge in [0, 0.05) is 37.3 Å². The Morgan fingerprint density at radius 2 is 1.62 bits per heavy atom. The van der Waals surface area contributed by atoms with Crippen LogP contribution in [0, 0.1) is 0 Å². The summed E-state index contributed by atoms with van der Waals surface area (Å²) in [5.41, 5.74) is 3.74. The number of amides is 2. The van der Waals surface area contributed by atoms with E-state index in [2.05, 4.69) is 15.5 Å². The van der Waals surface area contributed by atoms with E-state index in [-0.39, 0.29) is 11.8 Å². The third kappa shape index (κ3) is 3.32. The van der Waals surface area contributed by atoms with E-state index in [0.717, 1.165) is 22.5 Å². The molecule has 0 unspecified atom stereocenters. The van der Waals surface area contributed by atoms with Crippen LogP contribution in [0.1, 0.15) is 23.2 Å². The van der Waals surface area contributed by atoms with Crippen LogP contribution in [0.3, 0.4) is 0 Å². The number of fused-ring (bicyclic) bond motifs is 1. The minimum Gasteiger partial charge on any atom is -0.380 e. The minimum absolute atomic E-state index is 0.0255. The van der Waals surface area contributed by atoms with Crippen molar-refractivity contribution in [3.63, 3.8) is 0 Å². The van der Waals surface area contributed by atoms with E-state index in [1.54, 1.807) is 9.80 Å². The number of benzene rings is 2. The average Bonchev–Trinajstić information content (AvgIpc) is 3.33. The van der Waals surface area contributed by atoms with Gasteiger partial charge in [-0.2, -0.15) is 0 Å². The number of rotatable bonds is 3. The molecule has 2 heterocycles. The molecule has 150 valence electrons. The third-order valence-corrected chi connectivity index (χ3v) is 6.43. The van der Waals surface area contributed by atoms with Crippen LogP contribution in [-0.4, -0.2) is 58.5 Å². The van der Waals surface area contributed by atoms with Gasteiger partial charge in [-0.3, -0.25) is 9.59 Å². The van der Waals surface area contributed by atoms with Crippen molar-refractivity contribution in [3.05, 3.63) is 48.0 Å². The second-order valence-corrected chi connectivity index (χ2v) is 8.34. The number of carbonyl (C=O) groups excluding carboxylic acids is 2. The number of nitrogens with one attached hydrogen (secondary N) is 2. The predicted octanol–water partition coefficient (Wildman–Crippen LogP) is 2.56. The normalized spacial score (nSPS) is 19.2. The summed E-state index contributed by atoms with van der Waals surface area (Å²) in [4.78, 5) is 28.6. The molecule has 7 nitrogen and oxygen atoms in total. The summed E-state index contributed by atoms with van der Waals surface area (Å²) >= 11 is 1.44. The van der Waals surface area contributed by atoms with Crippen LogP contribution in [-0.2, 0) is 4.79 Å². The van der Waals surface area contributed by atoms with E-state index in [0.29, 0.717) is 44.6 Å². The van der Waals surface area contributed by atoms with Crippen molar-refractivity contribution >= 4 is 35.3 Å². The molecule has 0 spiro atoms. The van der Waals surface area contributed by atoms with Crippen molar-refractivity contribution in [2.45, 2.75) is 18.4 Å². The molecule has 1 saturated carbocycles. The molecule has 2 aromatic rings. The largest absolute Gasteiger partial charge is 0.380 e. The first-order valence-electron chi connectivity index (χ1n) is 9.77. The molecule has 3 aliphatic rings. The van der Waals surface area contributed by atoms with Gasteiger partial charge in [-0.05, 0) is 36.6 Å². The summed E-state index contributed by atoms with van der Waals surface area (Å²) in [6.45, 7) is 1.91. The maximum Gasteiger partial charge on any atom is 0.254 e. The lowest BCUT2D eigenvalue weighted by Gasteiger charge is -2.35. The van der Waals surface area contributed by atoms with E-state index in [1.807, 2.05) is 36.4 Å². The molecule has 2 aliphatic heterocycles. The summed E-state index contributed by atoms with van der Waals surface area (Å²) < 4.78 is 6.47. The maximum atomic E-state index is 12.9. The van der Waals surface area contributed by atoms with Crippen molar-refractivity contribution < 1.29 is 14.7 Å². The van der Waals surface area contributed by atoms with Crippen LogP contribution in [0.5, 0.6) is 0 Å². The van der Waals surface area contributed by atoms with Gasteiger partial charge in [0.25, 0.3) is 11.8 Å². The van der Waals surface area contributed by atoms with Gasteiger partial charge in [0.1, 0.15) is 5.60 Å². The molecule has 0 aromatic heterocycles. The molecule has 0 bridgehead atoms. The second-order valence-electron chi connectivity index (χ2n) is 7.73. The molecule has 3 N–H and O–H groups in total. The Hall–Kier alpha value is -2.71. The molecule has 29 heavy (non-hydrogen) atoms. The number of hydrogen-bond donors (Lipinski definition) is 3. The first-order valence-corrected chi connectivity index (χ1v) is 10.6. The lowest BCUT2D eigenvalue weighted by Crippen LogP contribution is -2.53. The van der Waals surface area contributed by atoms with Crippen molar-refractivity contribution in [3.8, 4) is 11.1 Å². The second kappa shape index (κ2) is 6.96. The Morgan fingerprint density at radius 1 is 0.931 bits per heavy atom. The SMILES string of the molecule is O=C(c1ccc(-c2cccc3c2NSN3)cc1)N1CCN(C(=O)C2(O)CC2)CC1. The summed E-state index contributed by atoms with van der Waals surface area (Å²) in [6.07, 6.45) is 1.10. The summed E-state index contributed by atoms with van der Waals surface area (Å²) in [6, 6.07) is 13.7. The van der Waals surface area contributed by atoms with Gasteiger partial charge in [0.2, 0.25) is 0 Å². The van der Waals surface area contributed by atoms with Gasteiger partial charge in [0.15, 0.2) is 0 Å². The molecule has 1 aliphatic carbocycles. The number of piperazine rings is 1. The van der Waals surface area contributed by atoms with E-state index in [4.69, 9.17) is 0 Å². The first-order chi connectivity index (χ1) is 14.0. The number of para-hydroxylation sites is 1. The van der Waals surface area contributed by atoms with Gasteiger partial charge < -0.3 is 24.4 Å². The molecule has 0 atom stereocenters. The molecule has 2 amide bonds. The zero-order valence-electron chi connectivity index (χ0n) is 15.9. The Kier molecular flexibility index (Phi) is 4.40. The van der Waals surface area contributed by atoms with Crippen LogP contribution in [0.25, 0.3) is 11.1 Å². The fourth-order valence-electron chi connectivity index (χ4n) is 3.83. The molecule has 2 aromatic carbocycles. The summed E-state index contributed by atoms with van der Waals surface area (Å²) in [5, 5.41) is 10.00. The quantitative estimate of drug-likeness (QED) is 0.675. The zero-order chi connectivity index (χ0) is 20.0. The van der Waals surface area contributed by atoms with Crippen molar-refractivity contribution in [2.75, 3.05) is 35.6 Å². The Labute approximate surface area is 173 Å². The Bertz CT molecular complexity index is 966. The summed E-state index contributed by atoms with van der Waals surface area (Å²) in [5.74, 6) is -0.215.